The van der Waals surface area contributed by atoms with E-state index in [1.807, 2.05) is 37.2 Å². The Kier molecular flexibility index (Phi) is 5.03. The van der Waals surface area contributed by atoms with Gasteiger partial charge in [0.1, 0.15) is 6.54 Å². The minimum absolute atomic E-state index is 0.0443. The SMILES string of the molecule is CN(C)c1ccccc1C1CCC2C3NNCC3C(=O)N(CC(F)(F)F)C2C1. The van der Waals surface area contributed by atoms with Gasteiger partial charge in [0.25, 0.3) is 0 Å². The van der Waals surface area contributed by atoms with Crippen molar-refractivity contribution in [2.75, 3.05) is 32.1 Å². The lowest BCUT2D eigenvalue weighted by Crippen LogP contribution is -2.63. The number of halogens is 3. The molecule has 1 amide bonds. The molecule has 5 atom stereocenters. The van der Waals surface area contributed by atoms with Gasteiger partial charge in [-0.2, -0.15) is 13.2 Å². The number of hydrogen-bond acceptors (Lipinski definition) is 4. The monoisotopic (exact) mass is 396 g/mol. The summed E-state index contributed by atoms with van der Waals surface area (Å²) >= 11 is 0. The number of benzene rings is 1. The lowest BCUT2D eigenvalue weighted by atomic mass is 9.67. The Morgan fingerprint density at radius 2 is 1.96 bits per heavy atom. The lowest BCUT2D eigenvalue weighted by molar-refractivity contribution is -0.178. The van der Waals surface area contributed by atoms with Crippen LogP contribution in [0.5, 0.6) is 0 Å². The summed E-state index contributed by atoms with van der Waals surface area (Å²) in [6, 6.07) is 7.59. The molecule has 1 aromatic rings. The minimum Gasteiger partial charge on any atom is -0.377 e. The standard InChI is InChI=1S/C20H27F3N4O/c1-26(2)16-6-4-3-5-13(16)12-7-8-14-17(9-12)27(11-20(21,22)23)19(28)15-10-24-25-18(14)15/h3-6,12,14-15,17-18,24-25H,7-11H2,1-2H3. The van der Waals surface area contributed by atoms with Gasteiger partial charge < -0.3 is 9.80 Å². The number of hydrogen-bond donors (Lipinski definition) is 2. The van der Waals surface area contributed by atoms with Crippen LogP contribution in [-0.4, -0.2) is 56.3 Å². The number of piperidine rings is 1. The van der Waals surface area contributed by atoms with E-state index in [-0.39, 0.29) is 23.8 Å². The van der Waals surface area contributed by atoms with Gasteiger partial charge >= 0.3 is 6.18 Å². The summed E-state index contributed by atoms with van der Waals surface area (Å²) in [7, 11) is 3.95. The molecule has 154 valence electrons. The Hall–Kier alpha value is -1.80. The summed E-state index contributed by atoms with van der Waals surface area (Å²) in [6.07, 6.45) is -2.08. The Morgan fingerprint density at radius 3 is 2.68 bits per heavy atom. The number of anilines is 1. The Morgan fingerprint density at radius 1 is 1.21 bits per heavy atom. The number of amides is 1. The normalized spacial score (nSPS) is 32.8. The van der Waals surface area contributed by atoms with Crippen LogP contribution in [0.15, 0.2) is 24.3 Å². The molecule has 2 saturated heterocycles. The maximum atomic E-state index is 13.3. The highest BCUT2D eigenvalue weighted by Gasteiger charge is 2.54. The largest absolute Gasteiger partial charge is 0.406 e. The van der Waals surface area contributed by atoms with E-state index in [1.165, 1.54) is 0 Å². The summed E-state index contributed by atoms with van der Waals surface area (Å²) in [6.45, 7) is -0.758. The van der Waals surface area contributed by atoms with Gasteiger partial charge in [0, 0.05) is 38.4 Å². The summed E-state index contributed by atoms with van der Waals surface area (Å²) in [5, 5.41) is 0. The van der Waals surface area contributed by atoms with Crippen molar-refractivity contribution in [3.05, 3.63) is 29.8 Å². The fourth-order valence-electron chi connectivity index (χ4n) is 5.40. The second-order valence-corrected chi connectivity index (χ2v) is 8.43. The maximum Gasteiger partial charge on any atom is 0.406 e. The third-order valence-electron chi connectivity index (χ3n) is 6.56. The molecule has 1 aliphatic carbocycles. The third-order valence-corrected chi connectivity index (χ3v) is 6.56. The van der Waals surface area contributed by atoms with Crippen LogP contribution in [0.4, 0.5) is 18.9 Å². The molecule has 4 rings (SSSR count). The van der Waals surface area contributed by atoms with E-state index < -0.39 is 24.7 Å². The highest BCUT2D eigenvalue weighted by atomic mass is 19.4. The predicted molar refractivity (Wildman–Crippen MR) is 101 cm³/mol. The van der Waals surface area contributed by atoms with Gasteiger partial charge in [0.05, 0.1) is 5.92 Å². The summed E-state index contributed by atoms with van der Waals surface area (Å²) in [4.78, 5) is 16.1. The highest BCUT2D eigenvalue weighted by molar-refractivity contribution is 5.82. The molecule has 1 aromatic carbocycles. The van der Waals surface area contributed by atoms with Gasteiger partial charge in [-0.25, -0.2) is 0 Å². The molecule has 2 aliphatic heterocycles. The van der Waals surface area contributed by atoms with Crippen LogP contribution < -0.4 is 15.8 Å². The molecule has 3 aliphatic rings. The van der Waals surface area contributed by atoms with E-state index in [0.29, 0.717) is 13.0 Å². The predicted octanol–water partition coefficient (Wildman–Crippen LogP) is 2.50. The van der Waals surface area contributed by atoms with Crippen LogP contribution in [0, 0.1) is 11.8 Å². The van der Waals surface area contributed by atoms with Crippen molar-refractivity contribution in [2.45, 2.75) is 43.4 Å². The quantitative estimate of drug-likeness (QED) is 0.824. The first-order valence-electron chi connectivity index (χ1n) is 9.88. The van der Waals surface area contributed by atoms with Crippen molar-refractivity contribution in [3.63, 3.8) is 0 Å². The molecule has 5 unspecified atom stereocenters. The second kappa shape index (κ2) is 7.22. The molecule has 0 bridgehead atoms. The minimum atomic E-state index is -4.39. The van der Waals surface area contributed by atoms with Gasteiger partial charge in [-0.3, -0.25) is 15.6 Å². The average molecular weight is 396 g/mol. The molecule has 5 nitrogen and oxygen atoms in total. The van der Waals surface area contributed by atoms with Crippen LogP contribution in [-0.2, 0) is 4.79 Å². The van der Waals surface area contributed by atoms with Crippen molar-refractivity contribution in [2.24, 2.45) is 11.8 Å². The number of fused-ring (bicyclic) bond motifs is 3. The highest BCUT2D eigenvalue weighted by Crippen LogP contribution is 2.46. The molecular weight excluding hydrogens is 369 g/mol. The number of alkyl halides is 3. The number of nitrogens with zero attached hydrogens (tertiary/aromatic N) is 2. The van der Waals surface area contributed by atoms with Crippen molar-refractivity contribution in [3.8, 4) is 0 Å². The van der Waals surface area contributed by atoms with E-state index in [1.54, 1.807) is 0 Å². The number of para-hydroxylation sites is 1. The van der Waals surface area contributed by atoms with Crippen LogP contribution >= 0.6 is 0 Å². The van der Waals surface area contributed by atoms with Gasteiger partial charge in [-0.1, -0.05) is 18.2 Å². The molecular formula is C20H27F3N4O. The first-order chi connectivity index (χ1) is 13.3. The molecule has 0 radical (unpaired) electrons. The second-order valence-electron chi connectivity index (χ2n) is 8.43. The van der Waals surface area contributed by atoms with Crippen LogP contribution in [0.1, 0.15) is 30.7 Å². The Labute approximate surface area is 163 Å². The molecule has 0 spiro atoms. The Balaban J connectivity index is 1.65. The van der Waals surface area contributed by atoms with Crippen LogP contribution in [0.25, 0.3) is 0 Å². The van der Waals surface area contributed by atoms with Gasteiger partial charge in [-0.15, -0.1) is 0 Å². The molecule has 3 fully saturated rings. The van der Waals surface area contributed by atoms with Crippen molar-refractivity contribution < 1.29 is 18.0 Å². The molecule has 8 heteroatoms. The molecule has 2 heterocycles. The van der Waals surface area contributed by atoms with Crippen LogP contribution in [0.3, 0.4) is 0 Å². The fourth-order valence-corrected chi connectivity index (χ4v) is 5.40. The summed E-state index contributed by atoms with van der Waals surface area (Å²) in [5.41, 5.74) is 8.41. The van der Waals surface area contributed by atoms with Crippen molar-refractivity contribution in [1.82, 2.24) is 15.8 Å². The van der Waals surface area contributed by atoms with E-state index in [0.717, 1.165) is 29.0 Å². The molecule has 1 saturated carbocycles. The van der Waals surface area contributed by atoms with E-state index in [9.17, 15) is 18.0 Å². The Bertz CT molecular complexity index is 738. The van der Waals surface area contributed by atoms with E-state index in [4.69, 9.17) is 0 Å². The van der Waals surface area contributed by atoms with Gasteiger partial charge in [0.2, 0.25) is 5.91 Å². The number of nitrogens with one attached hydrogen (secondary N) is 2. The number of rotatable bonds is 3. The maximum absolute atomic E-state index is 13.3. The summed E-state index contributed by atoms with van der Waals surface area (Å²) in [5.74, 6) is -0.589. The third kappa shape index (κ3) is 3.48. The lowest BCUT2D eigenvalue weighted by Gasteiger charge is -2.50. The zero-order chi connectivity index (χ0) is 20.1. The number of hydrazine groups is 1. The first kappa shape index (κ1) is 19.5. The number of carbonyl (C=O) groups is 1. The fraction of sp³-hybridized carbons (Fsp3) is 0.650. The molecule has 2 N–H and O–H groups in total. The van der Waals surface area contributed by atoms with Crippen molar-refractivity contribution in [1.29, 1.82) is 0 Å². The first-order valence-corrected chi connectivity index (χ1v) is 9.88. The van der Waals surface area contributed by atoms with Gasteiger partial charge in [-0.05, 0) is 42.7 Å². The zero-order valence-electron chi connectivity index (χ0n) is 16.2. The van der Waals surface area contributed by atoms with E-state index >= 15 is 0 Å². The summed E-state index contributed by atoms with van der Waals surface area (Å²) < 4.78 is 39.8. The van der Waals surface area contributed by atoms with Crippen molar-refractivity contribution >= 4 is 11.6 Å². The topological polar surface area (TPSA) is 47.6 Å². The molecule has 28 heavy (non-hydrogen) atoms. The van der Waals surface area contributed by atoms with Crippen LogP contribution in [0.2, 0.25) is 0 Å². The average Bonchev–Trinajstić information content (AvgIpc) is 3.14. The number of likely N-dealkylation sites (tertiary alicyclic amines) is 1. The van der Waals surface area contributed by atoms with Gasteiger partial charge in [0.15, 0.2) is 0 Å². The van der Waals surface area contributed by atoms with E-state index in [2.05, 4.69) is 16.9 Å². The zero-order valence-corrected chi connectivity index (χ0v) is 16.2. The smallest absolute Gasteiger partial charge is 0.377 e. The number of carbonyl (C=O) groups excluding carboxylic acids is 1. The molecule has 0 aromatic heterocycles.